The SMILES string of the molecule is Cc1cccc(N2CCCC(C(=O)NCCN)C2)n1. The van der Waals surface area contributed by atoms with Crippen molar-refractivity contribution >= 4 is 11.7 Å². The highest BCUT2D eigenvalue weighted by Gasteiger charge is 2.26. The van der Waals surface area contributed by atoms with E-state index >= 15 is 0 Å². The molecule has 1 atom stereocenters. The van der Waals surface area contributed by atoms with Crippen LogP contribution in [0.1, 0.15) is 18.5 Å². The van der Waals surface area contributed by atoms with Crippen LogP contribution in [-0.2, 0) is 4.79 Å². The average Bonchev–Trinajstić information content (AvgIpc) is 2.45. The van der Waals surface area contributed by atoms with E-state index in [0.717, 1.165) is 37.4 Å². The maximum absolute atomic E-state index is 12.0. The summed E-state index contributed by atoms with van der Waals surface area (Å²) in [5.41, 5.74) is 6.41. The van der Waals surface area contributed by atoms with E-state index in [0.29, 0.717) is 13.1 Å². The van der Waals surface area contributed by atoms with E-state index < -0.39 is 0 Å². The highest BCUT2D eigenvalue weighted by molar-refractivity contribution is 5.79. The van der Waals surface area contributed by atoms with Gasteiger partial charge in [-0.15, -0.1) is 0 Å². The molecule has 5 heteroatoms. The fourth-order valence-corrected chi connectivity index (χ4v) is 2.44. The molecular formula is C14H22N4O. The van der Waals surface area contributed by atoms with Crippen LogP contribution in [0.25, 0.3) is 0 Å². The second-order valence-corrected chi connectivity index (χ2v) is 5.00. The highest BCUT2D eigenvalue weighted by Crippen LogP contribution is 2.21. The summed E-state index contributed by atoms with van der Waals surface area (Å²) >= 11 is 0. The first kappa shape index (κ1) is 13.8. The zero-order chi connectivity index (χ0) is 13.7. The van der Waals surface area contributed by atoms with Crippen LogP contribution < -0.4 is 16.0 Å². The number of carbonyl (C=O) groups is 1. The number of piperidine rings is 1. The molecule has 0 saturated carbocycles. The van der Waals surface area contributed by atoms with Crippen molar-refractivity contribution in [3.05, 3.63) is 23.9 Å². The summed E-state index contributed by atoms with van der Waals surface area (Å²) in [4.78, 5) is 18.7. The second-order valence-electron chi connectivity index (χ2n) is 5.00. The number of hydrogen-bond acceptors (Lipinski definition) is 4. The van der Waals surface area contributed by atoms with Gasteiger partial charge in [0.15, 0.2) is 0 Å². The van der Waals surface area contributed by atoms with E-state index in [4.69, 9.17) is 5.73 Å². The fraction of sp³-hybridized carbons (Fsp3) is 0.571. The van der Waals surface area contributed by atoms with Crippen molar-refractivity contribution in [1.82, 2.24) is 10.3 Å². The summed E-state index contributed by atoms with van der Waals surface area (Å²) in [5, 5.41) is 2.87. The van der Waals surface area contributed by atoms with Crippen molar-refractivity contribution in [2.24, 2.45) is 11.7 Å². The number of hydrogen-bond donors (Lipinski definition) is 2. The minimum Gasteiger partial charge on any atom is -0.356 e. The first-order valence-electron chi connectivity index (χ1n) is 6.87. The van der Waals surface area contributed by atoms with Gasteiger partial charge >= 0.3 is 0 Å². The number of amides is 1. The lowest BCUT2D eigenvalue weighted by molar-refractivity contribution is -0.125. The molecule has 2 heterocycles. The normalized spacial score (nSPS) is 19.3. The zero-order valence-electron chi connectivity index (χ0n) is 11.4. The molecule has 0 bridgehead atoms. The summed E-state index contributed by atoms with van der Waals surface area (Å²) in [5.74, 6) is 1.13. The summed E-state index contributed by atoms with van der Waals surface area (Å²) in [7, 11) is 0. The van der Waals surface area contributed by atoms with Crippen molar-refractivity contribution in [2.45, 2.75) is 19.8 Å². The maximum atomic E-state index is 12.0. The third-order valence-electron chi connectivity index (χ3n) is 3.43. The topological polar surface area (TPSA) is 71.2 Å². The molecule has 1 saturated heterocycles. The summed E-state index contributed by atoms with van der Waals surface area (Å²) in [6.07, 6.45) is 1.97. The first-order valence-corrected chi connectivity index (χ1v) is 6.87. The molecule has 0 aliphatic carbocycles. The Kier molecular flexibility index (Phi) is 4.74. The number of nitrogens with one attached hydrogen (secondary N) is 1. The molecule has 1 aliphatic heterocycles. The van der Waals surface area contributed by atoms with Gasteiger partial charge in [0.2, 0.25) is 5.91 Å². The molecule has 2 rings (SSSR count). The Bertz CT molecular complexity index is 435. The molecule has 1 unspecified atom stereocenters. The Morgan fingerprint density at radius 1 is 1.58 bits per heavy atom. The van der Waals surface area contributed by atoms with E-state index in [2.05, 4.69) is 15.2 Å². The van der Waals surface area contributed by atoms with Crippen LogP contribution >= 0.6 is 0 Å². The number of carbonyl (C=O) groups excluding carboxylic acids is 1. The van der Waals surface area contributed by atoms with E-state index in [1.165, 1.54) is 0 Å². The van der Waals surface area contributed by atoms with Crippen LogP contribution in [0.15, 0.2) is 18.2 Å². The molecule has 1 amide bonds. The Morgan fingerprint density at radius 2 is 2.42 bits per heavy atom. The quantitative estimate of drug-likeness (QED) is 0.837. The summed E-state index contributed by atoms with van der Waals surface area (Å²) in [6, 6.07) is 6.00. The lowest BCUT2D eigenvalue weighted by Crippen LogP contribution is -2.44. The first-order chi connectivity index (χ1) is 9.20. The van der Waals surface area contributed by atoms with Gasteiger partial charge in [0.05, 0.1) is 5.92 Å². The van der Waals surface area contributed by atoms with Gasteiger partial charge < -0.3 is 16.0 Å². The Hall–Kier alpha value is -1.62. The van der Waals surface area contributed by atoms with Crippen molar-refractivity contribution in [2.75, 3.05) is 31.1 Å². The van der Waals surface area contributed by atoms with Gasteiger partial charge in [0.1, 0.15) is 5.82 Å². The predicted molar refractivity (Wildman–Crippen MR) is 76.0 cm³/mol. The molecule has 3 N–H and O–H groups in total. The van der Waals surface area contributed by atoms with Crippen LogP contribution in [0.4, 0.5) is 5.82 Å². The smallest absolute Gasteiger partial charge is 0.224 e. The lowest BCUT2D eigenvalue weighted by Gasteiger charge is -2.33. The highest BCUT2D eigenvalue weighted by atomic mass is 16.1. The molecule has 0 aromatic carbocycles. The summed E-state index contributed by atoms with van der Waals surface area (Å²) in [6.45, 7) is 4.74. The predicted octanol–water partition coefficient (Wildman–Crippen LogP) is 0.681. The third-order valence-corrected chi connectivity index (χ3v) is 3.43. The molecule has 104 valence electrons. The molecule has 0 radical (unpaired) electrons. The van der Waals surface area contributed by atoms with Crippen LogP contribution in [0.2, 0.25) is 0 Å². The minimum absolute atomic E-state index is 0.0441. The van der Waals surface area contributed by atoms with Crippen LogP contribution in [0, 0.1) is 12.8 Å². The molecule has 1 aromatic rings. The number of aryl methyl sites for hydroxylation is 1. The second kappa shape index (κ2) is 6.52. The largest absolute Gasteiger partial charge is 0.356 e. The monoisotopic (exact) mass is 262 g/mol. The Labute approximate surface area is 114 Å². The minimum atomic E-state index is 0.0441. The van der Waals surface area contributed by atoms with Gasteiger partial charge in [0, 0.05) is 31.9 Å². The number of anilines is 1. The Morgan fingerprint density at radius 3 is 3.16 bits per heavy atom. The van der Waals surface area contributed by atoms with Crippen molar-refractivity contribution < 1.29 is 4.79 Å². The van der Waals surface area contributed by atoms with Crippen LogP contribution in [0.5, 0.6) is 0 Å². The molecule has 0 spiro atoms. The average molecular weight is 262 g/mol. The molecule has 1 aromatic heterocycles. The van der Waals surface area contributed by atoms with Gasteiger partial charge in [-0.2, -0.15) is 0 Å². The molecule has 19 heavy (non-hydrogen) atoms. The van der Waals surface area contributed by atoms with Crippen LogP contribution in [-0.4, -0.2) is 37.1 Å². The van der Waals surface area contributed by atoms with E-state index in [1.807, 2.05) is 25.1 Å². The van der Waals surface area contributed by atoms with Crippen molar-refractivity contribution in [3.8, 4) is 0 Å². The van der Waals surface area contributed by atoms with Gasteiger partial charge in [0.25, 0.3) is 0 Å². The van der Waals surface area contributed by atoms with E-state index in [-0.39, 0.29) is 11.8 Å². The molecular weight excluding hydrogens is 240 g/mol. The molecule has 5 nitrogen and oxygen atoms in total. The number of aromatic nitrogens is 1. The van der Waals surface area contributed by atoms with Crippen LogP contribution in [0.3, 0.4) is 0 Å². The van der Waals surface area contributed by atoms with E-state index in [9.17, 15) is 4.79 Å². The number of nitrogens with two attached hydrogens (primary N) is 1. The number of nitrogens with zero attached hydrogens (tertiary/aromatic N) is 2. The molecule has 1 aliphatic rings. The number of pyridine rings is 1. The van der Waals surface area contributed by atoms with Crippen molar-refractivity contribution in [3.63, 3.8) is 0 Å². The van der Waals surface area contributed by atoms with Gasteiger partial charge in [-0.25, -0.2) is 4.98 Å². The summed E-state index contributed by atoms with van der Waals surface area (Å²) < 4.78 is 0. The standard InChI is InChI=1S/C14H22N4O/c1-11-4-2-6-13(17-11)18-9-3-5-12(10-18)14(19)16-8-7-15/h2,4,6,12H,3,5,7-10,15H2,1H3,(H,16,19). The molecule has 1 fully saturated rings. The number of rotatable bonds is 4. The van der Waals surface area contributed by atoms with Crippen molar-refractivity contribution in [1.29, 1.82) is 0 Å². The van der Waals surface area contributed by atoms with Gasteiger partial charge in [-0.3, -0.25) is 4.79 Å². The fourth-order valence-electron chi connectivity index (χ4n) is 2.44. The van der Waals surface area contributed by atoms with Gasteiger partial charge in [-0.1, -0.05) is 6.07 Å². The zero-order valence-corrected chi connectivity index (χ0v) is 11.4. The Balaban J connectivity index is 1.99. The maximum Gasteiger partial charge on any atom is 0.224 e. The van der Waals surface area contributed by atoms with Gasteiger partial charge in [-0.05, 0) is 31.9 Å². The third kappa shape index (κ3) is 3.67. The van der Waals surface area contributed by atoms with E-state index in [1.54, 1.807) is 0 Å². The lowest BCUT2D eigenvalue weighted by atomic mass is 9.97.